The lowest BCUT2D eigenvalue weighted by atomic mass is 9.95. The van der Waals surface area contributed by atoms with Crippen LogP contribution >= 0.6 is 0 Å². The quantitative estimate of drug-likeness (QED) is 0.311. The predicted molar refractivity (Wildman–Crippen MR) is 124 cm³/mol. The van der Waals surface area contributed by atoms with E-state index in [0.717, 1.165) is 27.9 Å². The van der Waals surface area contributed by atoms with Gasteiger partial charge in [0.2, 0.25) is 0 Å². The van der Waals surface area contributed by atoms with Gasteiger partial charge in [0.05, 0.1) is 5.52 Å². The van der Waals surface area contributed by atoms with Crippen molar-refractivity contribution in [1.29, 1.82) is 0 Å². The number of rotatable bonds is 2. The summed E-state index contributed by atoms with van der Waals surface area (Å²) in [6.07, 6.45) is 0. The third kappa shape index (κ3) is 2.39. The van der Waals surface area contributed by atoms with Crippen LogP contribution in [-0.4, -0.2) is 14.6 Å². The Balaban J connectivity index is 1.76. The van der Waals surface area contributed by atoms with Gasteiger partial charge in [-0.25, -0.2) is 0 Å². The standard InChI is InChI=1S/C27H19N3/c1-18-10-2-3-11-19(18)20-12-4-6-15-23(20)26-28-29-27-24-16-7-5-13-21(24)22-14-8-9-17-25(22)30(26)27/h2-17H,1H3. The third-order valence-corrected chi connectivity index (χ3v) is 5.87. The van der Waals surface area contributed by atoms with E-state index in [1.165, 1.54) is 27.5 Å². The molecule has 0 amide bonds. The number of para-hydroxylation sites is 1. The van der Waals surface area contributed by atoms with E-state index in [4.69, 9.17) is 5.10 Å². The Morgan fingerprint density at radius 2 is 1.13 bits per heavy atom. The maximum Gasteiger partial charge on any atom is 0.169 e. The van der Waals surface area contributed by atoms with Gasteiger partial charge in [-0.1, -0.05) is 91.0 Å². The second-order valence-corrected chi connectivity index (χ2v) is 7.61. The second kappa shape index (κ2) is 6.53. The Labute approximate surface area is 174 Å². The van der Waals surface area contributed by atoms with Crippen LogP contribution in [0.4, 0.5) is 0 Å². The molecule has 0 saturated heterocycles. The highest BCUT2D eigenvalue weighted by Gasteiger charge is 2.18. The number of benzene rings is 4. The summed E-state index contributed by atoms with van der Waals surface area (Å²) in [7, 11) is 0. The smallest absolute Gasteiger partial charge is 0.169 e. The van der Waals surface area contributed by atoms with Crippen molar-refractivity contribution in [3.63, 3.8) is 0 Å². The molecule has 4 aromatic carbocycles. The first kappa shape index (κ1) is 16.9. The summed E-state index contributed by atoms with van der Waals surface area (Å²) in [4.78, 5) is 0. The summed E-state index contributed by atoms with van der Waals surface area (Å²) in [5, 5.41) is 12.9. The van der Waals surface area contributed by atoms with Gasteiger partial charge >= 0.3 is 0 Å². The van der Waals surface area contributed by atoms with Crippen molar-refractivity contribution in [3.05, 3.63) is 103 Å². The van der Waals surface area contributed by atoms with E-state index in [9.17, 15) is 0 Å². The minimum Gasteiger partial charge on any atom is -0.274 e. The van der Waals surface area contributed by atoms with Crippen LogP contribution in [0, 0.1) is 6.92 Å². The monoisotopic (exact) mass is 385 g/mol. The van der Waals surface area contributed by atoms with Crippen LogP contribution in [0.2, 0.25) is 0 Å². The summed E-state index contributed by atoms with van der Waals surface area (Å²) >= 11 is 0. The second-order valence-electron chi connectivity index (χ2n) is 7.61. The molecular weight excluding hydrogens is 366 g/mol. The van der Waals surface area contributed by atoms with Crippen molar-refractivity contribution in [2.24, 2.45) is 0 Å². The van der Waals surface area contributed by atoms with Crippen LogP contribution in [0.15, 0.2) is 97.1 Å². The molecule has 3 heteroatoms. The minimum absolute atomic E-state index is 0.866. The van der Waals surface area contributed by atoms with Gasteiger partial charge in [-0.2, -0.15) is 0 Å². The first-order valence-electron chi connectivity index (χ1n) is 10.1. The molecule has 2 aromatic heterocycles. The first-order valence-corrected chi connectivity index (χ1v) is 10.1. The lowest BCUT2D eigenvalue weighted by molar-refractivity contribution is 1.12. The number of hydrogen-bond acceptors (Lipinski definition) is 2. The topological polar surface area (TPSA) is 30.2 Å². The molecule has 6 aromatic rings. The van der Waals surface area contributed by atoms with Gasteiger partial charge in [0.1, 0.15) is 0 Å². The Kier molecular flexibility index (Phi) is 3.68. The van der Waals surface area contributed by atoms with Crippen LogP contribution in [0.3, 0.4) is 0 Å². The van der Waals surface area contributed by atoms with Crippen LogP contribution in [0.1, 0.15) is 5.56 Å². The molecule has 0 fully saturated rings. The van der Waals surface area contributed by atoms with Crippen molar-refractivity contribution in [2.45, 2.75) is 6.92 Å². The summed E-state index contributed by atoms with van der Waals surface area (Å²) in [6.45, 7) is 2.15. The van der Waals surface area contributed by atoms with E-state index in [0.29, 0.717) is 0 Å². The van der Waals surface area contributed by atoms with Crippen molar-refractivity contribution in [3.8, 4) is 22.5 Å². The normalized spacial score (nSPS) is 11.5. The minimum atomic E-state index is 0.866. The Bertz CT molecular complexity index is 1560. The molecule has 0 aliphatic carbocycles. The van der Waals surface area contributed by atoms with Crippen molar-refractivity contribution < 1.29 is 0 Å². The molecule has 0 aliphatic heterocycles. The third-order valence-electron chi connectivity index (χ3n) is 5.87. The molecule has 3 nitrogen and oxygen atoms in total. The number of nitrogens with zero attached hydrogens (tertiary/aromatic N) is 3. The highest BCUT2D eigenvalue weighted by Crippen LogP contribution is 2.36. The fourth-order valence-electron chi connectivity index (χ4n) is 4.46. The molecule has 0 aliphatic rings. The molecule has 6 rings (SSSR count). The Morgan fingerprint density at radius 1 is 0.533 bits per heavy atom. The number of fused-ring (bicyclic) bond motifs is 6. The molecule has 0 radical (unpaired) electrons. The molecule has 2 heterocycles. The largest absolute Gasteiger partial charge is 0.274 e. The van der Waals surface area contributed by atoms with Crippen LogP contribution in [-0.2, 0) is 0 Å². The molecule has 142 valence electrons. The molecule has 0 spiro atoms. The average molecular weight is 385 g/mol. The molecule has 30 heavy (non-hydrogen) atoms. The van der Waals surface area contributed by atoms with E-state index in [1.807, 2.05) is 0 Å². The van der Waals surface area contributed by atoms with E-state index in [1.54, 1.807) is 0 Å². The molecule has 0 N–H and O–H groups in total. The predicted octanol–water partition coefficient (Wildman–Crippen LogP) is 6.68. The fraction of sp³-hybridized carbons (Fsp3) is 0.0370. The molecule has 0 saturated carbocycles. The average Bonchev–Trinajstić information content (AvgIpc) is 3.25. The molecule has 0 bridgehead atoms. The zero-order valence-corrected chi connectivity index (χ0v) is 16.6. The van der Waals surface area contributed by atoms with E-state index >= 15 is 0 Å². The van der Waals surface area contributed by atoms with Crippen LogP contribution in [0.25, 0.3) is 49.8 Å². The summed E-state index contributed by atoms with van der Waals surface area (Å²) < 4.78 is 2.20. The summed E-state index contributed by atoms with van der Waals surface area (Å²) in [5.41, 5.74) is 6.72. The SMILES string of the molecule is Cc1ccccc1-c1ccccc1-c1nnc2c3ccccc3c3ccccc3n12. The molecule has 0 atom stereocenters. The molecular formula is C27H19N3. The van der Waals surface area contributed by atoms with Crippen LogP contribution < -0.4 is 0 Å². The highest BCUT2D eigenvalue weighted by molar-refractivity contribution is 6.12. The summed E-state index contributed by atoms with van der Waals surface area (Å²) in [5.74, 6) is 0.866. The van der Waals surface area contributed by atoms with E-state index in [-0.39, 0.29) is 0 Å². The lowest BCUT2D eigenvalue weighted by Gasteiger charge is -2.13. The lowest BCUT2D eigenvalue weighted by Crippen LogP contribution is -1.96. The van der Waals surface area contributed by atoms with E-state index < -0.39 is 0 Å². The zero-order chi connectivity index (χ0) is 20.1. The Morgan fingerprint density at radius 3 is 1.93 bits per heavy atom. The Hall–Kier alpha value is -3.98. The maximum atomic E-state index is 4.69. The van der Waals surface area contributed by atoms with Gasteiger partial charge in [0.15, 0.2) is 11.5 Å². The van der Waals surface area contributed by atoms with Gasteiger partial charge in [0.25, 0.3) is 0 Å². The first-order chi connectivity index (χ1) is 14.8. The van der Waals surface area contributed by atoms with Crippen molar-refractivity contribution in [2.75, 3.05) is 0 Å². The molecule has 0 unspecified atom stereocenters. The maximum absolute atomic E-state index is 4.69. The van der Waals surface area contributed by atoms with Gasteiger partial charge in [0, 0.05) is 16.3 Å². The van der Waals surface area contributed by atoms with Gasteiger partial charge in [-0.05, 0) is 35.1 Å². The number of aromatic nitrogens is 3. The van der Waals surface area contributed by atoms with Crippen LogP contribution in [0.5, 0.6) is 0 Å². The fourth-order valence-corrected chi connectivity index (χ4v) is 4.46. The van der Waals surface area contributed by atoms with Crippen molar-refractivity contribution >= 4 is 27.3 Å². The number of pyridine rings is 1. The van der Waals surface area contributed by atoms with Gasteiger partial charge in [-0.15, -0.1) is 10.2 Å². The number of hydrogen-bond donors (Lipinski definition) is 0. The van der Waals surface area contributed by atoms with Gasteiger partial charge in [-0.3, -0.25) is 4.40 Å². The summed E-state index contributed by atoms with van der Waals surface area (Å²) in [6, 6.07) is 33.9. The highest BCUT2D eigenvalue weighted by atomic mass is 15.2. The van der Waals surface area contributed by atoms with E-state index in [2.05, 4.69) is 113 Å². The van der Waals surface area contributed by atoms with Crippen molar-refractivity contribution in [1.82, 2.24) is 14.6 Å². The zero-order valence-electron chi connectivity index (χ0n) is 16.6. The number of aryl methyl sites for hydroxylation is 1. The van der Waals surface area contributed by atoms with Gasteiger partial charge < -0.3 is 0 Å².